The van der Waals surface area contributed by atoms with Gasteiger partial charge in [-0.2, -0.15) is 0 Å². The molecule has 0 spiro atoms. The number of methoxy groups -OCH3 is 1. The van der Waals surface area contributed by atoms with E-state index in [4.69, 9.17) is 9.84 Å². The summed E-state index contributed by atoms with van der Waals surface area (Å²) < 4.78 is 5.37. The van der Waals surface area contributed by atoms with Crippen LogP contribution in [0.15, 0.2) is 6.07 Å². The first-order chi connectivity index (χ1) is 8.97. The molecule has 19 heavy (non-hydrogen) atoms. The van der Waals surface area contributed by atoms with Crippen LogP contribution in [0.2, 0.25) is 0 Å². The summed E-state index contributed by atoms with van der Waals surface area (Å²) in [6, 6.07) is 1.94. The van der Waals surface area contributed by atoms with Crippen LogP contribution in [-0.2, 0) is 0 Å². The van der Waals surface area contributed by atoms with Crippen LogP contribution in [0.5, 0.6) is 5.75 Å². The summed E-state index contributed by atoms with van der Waals surface area (Å²) in [4.78, 5) is 2.05. The summed E-state index contributed by atoms with van der Waals surface area (Å²) in [5.74, 6) is 0.884. The largest absolute Gasteiger partial charge is 0.496 e. The Labute approximate surface area is 115 Å². The molecule has 1 rings (SSSR count). The second kappa shape index (κ2) is 6.78. The smallest absolute Gasteiger partial charge is 0.122 e. The predicted octanol–water partition coefficient (Wildman–Crippen LogP) is 1.80. The van der Waals surface area contributed by atoms with E-state index in [0.29, 0.717) is 6.42 Å². The van der Waals surface area contributed by atoms with Crippen molar-refractivity contribution in [3.63, 3.8) is 0 Å². The van der Waals surface area contributed by atoms with Crippen LogP contribution in [-0.4, -0.2) is 43.6 Å². The quantitative estimate of drug-likeness (QED) is 0.825. The van der Waals surface area contributed by atoms with Crippen LogP contribution in [0.3, 0.4) is 0 Å². The van der Waals surface area contributed by atoms with Crippen molar-refractivity contribution in [3.8, 4) is 5.75 Å². The molecule has 1 aromatic carbocycles. The van der Waals surface area contributed by atoms with E-state index in [-0.39, 0.29) is 19.3 Å². The van der Waals surface area contributed by atoms with Crippen LogP contribution in [0.25, 0.3) is 0 Å². The maximum atomic E-state index is 9.46. The summed E-state index contributed by atoms with van der Waals surface area (Å²) in [5.41, 5.74) is 4.47. The van der Waals surface area contributed by atoms with E-state index in [2.05, 4.69) is 6.92 Å². The number of benzene rings is 1. The van der Waals surface area contributed by atoms with Gasteiger partial charge in [0.05, 0.1) is 19.8 Å². The molecule has 0 fully saturated rings. The van der Waals surface area contributed by atoms with Gasteiger partial charge in [-0.05, 0) is 49.9 Å². The van der Waals surface area contributed by atoms with Crippen molar-refractivity contribution < 1.29 is 14.9 Å². The van der Waals surface area contributed by atoms with E-state index in [1.54, 1.807) is 7.11 Å². The fraction of sp³-hybridized carbons (Fsp3) is 0.600. The Morgan fingerprint density at radius 1 is 1.21 bits per heavy atom. The Morgan fingerprint density at radius 3 is 2.32 bits per heavy atom. The molecular weight excluding hydrogens is 242 g/mol. The molecule has 0 saturated heterocycles. The molecule has 0 saturated carbocycles. The standard InChI is InChI=1S/C15H25NO3/c1-10-8-14(19-5)11(2)12(3)15(10)16(4)13(9-18)6-7-17/h8,13,17-18H,6-7,9H2,1-5H3. The van der Waals surface area contributed by atoms with Crippen molar-refractivity contribution >= 4 is 5.69 Å². The number of nitrogens with zero attached hydrogens (tertiary/aromatic N) is 1. The first-order valence-corrected chi connectivity index (χ1v) is 6.57. The van der Waals surface area contributed by atoms with Crippen LogP contribution in [0.4, 0.5) is 5.69 Å². The lowest BCUT2D eigenvalue weighted by Crippen LogP contribution is -2.36. The maximum absolute atomic E-state index is 9.46. The first-order valence-electron chi connectivity index (χ1n) is 6.57. The summed E-state index contributed by atoms with van der Waals surface area (Å²) in [5, 5.41) is 18.5. The van der Waals surface area contributed by atoms with Crippen molar-refractivity contribution in [3.05, 3.63) is 22.8 Å². The molecule has 0 aliphatic heterocycles. The number of anilines is 1. The van der Waals surface area contributed by atoms with Crippen molar-refractivity contribution in [2.24, 2.45) is 0 Å². The second-order valence-electron chi connectivity index (χ2n) is 4.95. The van der Waals surface area contributed by atoms with Crippen molar-refractivity contribution in [2.75, 3.05) is 32.3 Å². The third kappa shape index (κ3) is 3.19. The number of likely N-dealkylation sites (N-methyl/N-ethyl adjacent to an activating group) is 1. The van der Waals surface area contributed by atoms with Crippen molar-refractivity contribution in [1.29, 1.82) is 0 Å². The summed E-state index contributed by atoms with van der Waals surface area (Å²) in [6.07, 6.45) is 0.553. The fourth-order valence-corrected chi connectivity index (χ4v) is 2.53. The monoisotopic (exact) mass is 267 g/mol. The van der Waals surface area contributed by atoms with Gasteiger partial charge in [-0.15, -0.1) is 0 Å². The summed E-state index contributed by atoms with van der Waals surface area (Å²) in [6.45, 7) is 6.23. The van der Waals surface area contributed by atoms with Crippen molar-refractivity contribution in [1.82, 2.24) is 0 Å². The first kappa shape index (κ1) is 15.8. The van der Waals surface area contributed by atoms with E-state index in [1.807, 2.05) is 31.9 Å². The number of rotatable bonds is 6. The Hall–Kier alpha value is -1.26. The molecule has 4 nitrogen and oxygen atoms in total. The minimum Gasteiger partial charge on any atom is -0.496 e. The number of hydrogen-bond acceptors (Lipinski definition) is 4. The molecule has 2 N–H and O–H groups in total. The van der Waals surface area contributed by atoms with Gasteiger partial charge >= 0.3 is 0 Å². The molecule has 108 valence electrons. The number of aliphatic hydroxyl groups is 2. The highest BCUT2D eigenvalue weighted by molar-refractivity contribution is 5.65. The summed E-state index contributed by atoms with van der Waals surface area (Å²) in [7, 11) is 3.63. The molecular formula is C15H25NO3. The number of hydrogen-bond donors (Lipinski definition) is 2. The zero-order valence-corrected chi connectivity index (χ0v) is 12.5. The lowest BCUT2D eigenvalue weighted by atomic mass is 10.00. The van der Waals surface area contributed by atoms with Gasteiger partial charge in [-0.1, -0.05) is 0 Å². The predicted molar refractivity (Wildman–Crippen MR) is 78.2 cm³/mol. The molecule has 0 radical (unpaired) electrons. The molecule has 0 aliphatic rings. The van der Waals surface area contributed by atoms with Crippen molar-refractivity contribution in [2.45, 2.75) is 33.2 Å². The number of ether oxygens (including phenoxy) is 1. The van der Waals surface area contributed by atoms with Gasteiger partial charge in [0.25, 0.3) is 0 Å². The highest BCUT2D eigenvalue weighted by Crippen LogP contribution is 2.34. The molecule has 1 unspecified atom stereocenters. The van der Waals surface area contributed by atoms with Gasteiger partial charge in [0.2, 0.25) is 0 Å². The molecule has 4 heteroatoms. The highest BCUT2D eigenvalue weighted by Gasteiger charge is 2.19. The molecule has 0 bridgehead atoms. The van der Waals surface area contributed by atoms with Crippen LogP contribution < -0.4 is 9.64 Å². The van der Waals surface area contributed by atoms with Gasteiger partial charge in [0.1, 0.15) is 5.75 Å². The molecule has 0 heterocycles. The molecule has 0 aliphatic carbocycles. The molecule has 1 atom stereocenters. The Morgan fingerprint density at radius 2 is 1.84 bits per heavy atom. The molecule has 0 aromatic heterocycles. The average molecular weight is 267 g/mol. The number of aryl methyl sites for hydroxylation is 1. The third-order valence-electron chi connectivity index (χ3n) is 3.80. The van der Waals surface area contributed by atoms with Crippen LogP contribution >= 0.6 is 0 Å². The lowest BCUT2D eigenvalue weighted by Gasteiger charge is -2.32. The van der Waals surface area contributed by atoms with E-state index in [0.717, 1.165) is 28.1 Å². The fourth-order valence-electron chi connectivity index (χ4n) is 2.53. The highest BCUT2D eigenvalue weighted by atomic mass is 16.5. The normalized spacial score (nSPS) is 12.4. The zero-order valence-electron chi connectivity index (χ0n) is 12.5. The van der Waals surface area contributed by atoms with Crippen LogP contribution in [0, 0.1) is 20.8 Å². The minimum absolute atomic E-state index is 0.0288. The lowest BCUT2D eigenvalue weighted by molar-refractivity contribution is 0.218. The van der Waals surface area contributed by atoms with Crippen LogP contribution in [0.1, 0.15) is 23.1 Å². The van der Waals surface area contributed by atoms with Gasteiger partial charge in [0, 0.05) is 19.3 Å². The van der Waals surface area contributed by atoms with E-state index in [1.165, 1.54) is 0 Å². The Balaban J connectivity index is 3.23. The molecule has 1 aromatic rings. The minimum atomic E-state index is -0.0739. The average Bonchev–Trinajstić information content (AvgIpc) is 2.39. The Kier molecular flexibility index (Phi) is 5.63. The van der Waals surface area contributed by atoms with Gasteiger partial charge in [-0.25, -0.2) is 0 Å². The topological polar surface area (TPSA) is 52.9 Å². The second-order valence-corrected chi connectivity index (χ2v) is 4.95. The van der Waals surface area contributed by atoms with E-state index < -0.39 is 0 Å². The van der Waals surface area contributed by atoms with Gasteiger partial charge in [0.15, 0.2) is 0 Å². The molecule has 0 amide bonds. The third-order valence-corrected chi connectivity index (χ3v) is 3.80. The maximum Gasteiger partial charge on any atom is 0.122 e. The van der Waals surface area contributed by atoms with Gasteiger partial charge < -0.3 is 19.8 Å². The zero-order chi connectivity index (χ0) is 14.6. The number of aliphatic hydroxyl groups excluding tert-OH is 2. The SMILES string of the molecule is COc1cc(C)c(N(C)C(CO)CCO)c(C)c1C. The van der Waals surface area contributed by atoms with E-state index in [9.17, 15) is 5.11 Å². The summed E-state index contributed by atoms with van der Waals surface area (Å²) >= 11 is 0. The Bertz CT molecular complexity index is 432. The van der Waals surface area contributed by atoms with Gasteiger partial charge in [-0.3, -0.25) is 0 Å². The van der Waals surface area contributed by atoms with E-state index >= 15 is 0 Å².